The molecule has 14 heavy (non-hydrogen) atoms. The van der Waals surface area contributed by atoms with Crippen LogP contribution in [0.2, 0.25) is 0 Å². The van der Waals surface area contributed by atoms with E-state index in [0.29, 0.717) is 6.61 Å². The number of amides is 1. The first kappa shape index (κ1) is 10.3. The number of morpholine rings is 1. The lowest BCUT2D eigenvalue weighted by molar-refractivity contribution is -0.136. The Morgan fingerprint density at radius 2 is 2.21 bits per heavy atom. The third-order valence-electron chi connectivity index (χ3n) is 2.54. The molecule has 1 unspecified atom stereocenters. The van der Waals surface area contributed by atoms with Crippen molar-refractivity contribution in [3.63, 3.8) is 0 Å². The van der Waals surface area contributed by atoms with Crippen molar-refractivity contribution >= 4 is 17.7 Å². The van der Waals surface area contributed by atoms with Gasteiger partial charge in [0.05, 0.1) is 13.2 Å². The second kappa shape index (κ2) is 5.00. The van der Waals surface area contributed by atoms with Gasteiger partial charge in [0.1, 0.15) is 6.04 Å². The number of ether oxygens (including phenoxy) is 1. The molecule has 2 saturated heterocycles. The van der Waals surface area contributed by atoms with Crippen LogP contribution < -0.4 is 5.32 Å². The number of hydrogen-bond donors (Lipinski definition) is 1. The first-order valence-corrected chi connectivity index (χ1v) is 6.21. The first-order chi connectivity index (χ1) is 6.88. The van der Waals surface area contributed by atoms with Crippen molar-refractivity contribution in [1.82, 2.24) is 10.2 Å². The van der Waals surface area contributed by atoms with E-state index in [9.17, 15) is 4.79 Å². The molecule has 4 nitrogen and oxygen atoms in total. The topological polar surface area (TPSA) is 41.6 Å². The molecule has 0 spiro atoms. The van der Waals surface area contributed by atoms with Crippen molar-refractivity contribution in [2.24, 2.45) is 0 Å². The average Bonchev–Trinajstić information content (AvgIpc) is 2.30. The second-order valence-corrected chi connectivity index (χ2v) is 4.74. The lowest BCUT2D eigenvalue weighted by Gasteiger charge is -2.32. The molecule has 5 heteroatoms. The largest absolute Gasteiger partial charge is 0.378 e. The van der Waals surface area contributed by atoms with E-state index >= 15 is 0 Å². The summed E-state index contributed by atoms with van der Waals surface area (Å²) >= 11 is 1.92. The zero-order chi connectivity index (χ0) is 9.80. The molecule has 0 bridgehead atoms. The second-order valence-electron chi connectivity index (χ2n) is 3.52. The van der Waals surface area contributed by atoms with Gasteiger partial charge in [0, 0.05) is 31.1 Å². The zero-order valence-electron chi connectivity index (χ0n) is 8.20. The number of nitrogens with zero attached hydrogens (tertiary/aromatic N) is 1. The maximum absolute atomic E-state index is 11.9. The summed E-state index contributed by atoms with van der Waals surface area (Å²) in [6.45, 7) is 3.82. The number of carbonyl (C=O) groups is 1. The van der Waals surface area contributed by atoms with E-state index in [1.807, 2.05) is 16.7 Å². The van der Waals surface area contributed by atoms with Gasteiger partial charge in [0.15, 0.2) is 0 Å². The van der Waals surface area contributed by atoms with Crippen LogP contribution in [0.4, 0.5) is 0 Å². The Kier molecular flexibility index (Phi) is 3.67. The quantitative estimate of drug-likeness (QED) is 0.644. The number of rotatable bonds is 1. The van der Waals surface area contributed by atoms with E-state index in [1.54, 1.807) is 0 Å². The van der Waals surface area contributed by atoms with E-state index in [1.165, 1.54) is 0 Å². The number of nitrogens with one attached hydrogen (secondary N) is 1. The Morgan fingerprint density at radius 3 is 2.86 bits per heavy atom. The molecule has 2 aliphatic heterocycles. The fraction of sp³-hybridized carbons (Fsp3) is 0.889. The molecule has 1 atom stereocenters. The maximum atomic E-state index is 11.9. The molecule has 0 aliphatic carbocycles. The highest BCUT2D eigenvalue weighted by atomic mass is 32.2. The van der Waals surface area contributed by atoms with Gasteiger partial charge < -0.3 is 15.0 Å². The summed E-state index contributed by atoms with van der Waals surface area (Å²) in [5.41, 5.74) is 0. The Balaban J connectivity index is 1.85. The van der Waals surface area contributed by atoms with Gasteiger partial charge in [-0.25, -0.2) is 0 Å². The normalized spacial score (nSPS) is 28.9. The predicted octanol–water partition coefficient (Wildman–Crippen LogP) is -0.450. The highest BCUT2D eigenvalue weighted by Gasteiger charge is 2.26. The van der Waals surface area contributed by atoms with Gasteiger partial charge in [-0.1, -0.05) is 0 Å². The van der Waals surface area contributed by atoms with Crippen LogP contribution in [0.3, 0.4) is 0 Å². The fourth-order valence-electron chi connectivity index (χ4n) is 1.73. The van der Waals surface area contributed by atoms with E-state index in [-0.39, 0.29) is 11.9 Å². The van der Waals surface area contributed by atoms with Crippen LogP contribution in [-0.4, -0.2) is 61.2 Å². The van der Waals surface area contributed by atoms with Crippen molar-refractivity contribution in [3.05, 3.63) is 0 Å². The molecule has 80 valence electrons. The Bertz CT molecular complexity index is 181. The lowest BCUT2D eigenvalue weighted by Crippen LogP contribution is -2.54. The minimum Gasteiger partial charge on any atom is -0.378 e. The van der Waals surface area contributed by atoms with Gasteiger partial charge in [-0.3, -0.25) is 4.79 Å². The molecule has 1 amide bonds. The van der Waals surface area contributed by atoms with Gasteiger partial charge in [-0.05, 0) is 0 Å². The number of hydrogen-bond acceptors (Lipinski definition) is 4. The summed E-state index contributed by atoms with van der Waals surface area (Å²) in [5.74, 6) is 2.35. The molecule has 0 aromatic rings. The van der Waals surface area contributed by atoms with Crippen LogP contribution in [0.1, 0.15) is 0 Å². The van der Waals surface area contributed by atoms with Crippen molar-refractivity contribution in [1.29, 1.82) is 0 Å². The molecule has 2 aliphatic rings. The highest BCUT2D eigenvalue weighted by Crippen LogP contribution is 2.10. The van der Waals surface area contributed by atoms with Crippen LogP contribution >= 0.6 is 11.8 Å². The monoisotopic (exact) mass is 216 g/mol. The number of carbonyl (C=O) groups excluding carboxylic acids is 1. The molecule has 2 fully saturated rings. The standard InChI is InChI=1S/C9H16N2O2S/c12-9(8-7-13-4-1-10-8)11-2-5-14-6-3-11/h8,10H,1-7H2. The van der Waals surface area contributed by atoms with E-state index in [4.69, 9.17) is 4.74 Å². The van der Waals surface area contributed by atoms with Gasteiger partial charge in [-0.2, -0.15) is 11.8 Å². The third-order valence-corrected chi connectivity index (χ3v) is 3.49. The predicted molar refractivity (Wildman–Crippen MR) is 56.5 cm³/mol. The summed E-state index contributed by atoms with van der Waals surface area (Å²) < 4.78 is 5.28. The van der Waals surface area contributed by atoms with Crippen molar-refractivity contribution in [2.75, 3.05) is 44.4 Å². The summed E-state index contributed by atoms with van der Waals surface area (Å²) in [4.78, 5) is 13.9. The highest BCUT2D eigenvalue weighted by molar-refractivity contribution is 7.99. The molecule has 2 heterocycles. The van der Waals surface area contributed by atoms with Crippen molar-refractivity contribution in [2.45, 2.75) is 6.04 Å². The molecule has 0 aromatic carbocycles. The molecule has 2 rings (SSSR count). The Labute approximate surface area is 88.4 Å². The summed E-state index contributed by atoms with van der Waals surface area (Å²) in [7, 11) is 0. The van der Waals surface area contributed by atoms with Crippen LogP contribution in [0.15, 0.2) is 0 Å². The number of thioether (sulfide) groups is 1. The summed E-state index contributed by atoms with van der Waals surface area (Å²) in [6, 6.07) is -0.105. The maximum Gasteiger partial charge on any atom is 0.242 e. The third kappa shape index (κ3) is 2.40. The fourth-order valence-corrected chi connectivity index (χ4v) is 2.63. The zero-order valence-corrected chi connectivity index (χ0v) is 9.02. The molecule has 0 radical (unpaired) electrons. The molecular weight excluding hydrogens is 200 g/mol. The lowest BCUT2D eigenvalue weighted by atomic mass is 10.2. The molecule has 1 N–H and O–H groups in total. The van der Waals surface area contributed by atoms with Gasteiger partial charge in [0.2, 0.25) is 5.91 Å². The van der Waals surface area contributed by atoms with Gasteiger partial charge in [-0.15, -0.1) is 0 Å². The Morgan fingerprint density at radius 1 is 1.43 bits per heavy atom. The van der Waals surface area contributed by atoms with Crippen molar-refractivity contribution in [3.8, 4) is 0 Å². The van der Waals surface area contributed by atoms with Gasteiger partial charge in [0.25, 0.3) is 0 Å². The van der Waals surface area contributed by atoms with Crippen LogP contribution in [0, 0.1) is 0 Å². The van der Waals surface area contributed by atoms with Crippen LogP contribution in [0.5, 0.6) is 0 Å². The minimum atomic E-state index is -0.105. The summed E-state index contributed by atoms with van der Waals surface area (Å²) in [5, 5.41) is 3.19. The van der Waals surface area contributed by atoms with Gasteiger partial charge >= 0.3 is 0 Å². The molecular formula is C9H16N2O2S. The van der Waals surface area contributed by atoms with Crippen LogP contribution in [0.25, 0.3) is 0 Å². The SMILES string of the molecule is O=C(C1COCCN1)N1CCSCC1. The van der Waals surface area contributed by atoms with E-state index in [0.717, 1.165) is 37.7 Å². The summed E-state index contributed by atoms with van der Waals surface area (Å²) in [6.07, 6.45) is 0. The molecule has 0 aromatic heterocycles. The van der Waals surface area contributed by atoms with E-state index < -0.39 is 0 Å². The molecule has 0 saturated carbocycles. The van der Waals surface area contributed by atoms with Crippen molar-refractivity contribution < 1.29 is 9.53 Å². The smallest absolute Gasteiger partial charge is 0.242 e. The Hall–Kier alpha value is -0.260. The average molecular weight is 216 g/mol. The first-order valence-electron chi connectivity index (χ1n) is 5.05. The van der Waals surface area contributed by atoms with E-state index in [2.05, 4.69) is 5.32 Å². The minimum absolute atomic E-state index is 0.105. The van der Waals surface area contributed by atoms with Crippen LogP contribution in [-0.2, 0) is 9.53 Å².